The molecule has 0 amide bonds. The van der Waals surface area contributed by atoms with Crippen molar-refractivity contribution < 1.29 is 13.9 Å². The number of rotatable bonds is 8. The lowest BCUT2D eigenvalue weighted by molar-refractivity contribution is 0.0984. The van der Waals surface area contributed by atoms with Crippen molar-refractivity contribution in [2.75, 3.05) is 7.11 Å². The highest BCUT2D eigenvalue weighted by atomic mass is 19.1. The van der Waals surface area contributed by atoms with Gasteiger partial charge in [0.1, 0.15) is 11.6 Å². The van der Waals surface area contributed by atoms with Crippen molar-refractivity contribution in [1.82, 2.24) is 0 Å². The minimum Gasteiger partial charge on any atom is -0.496 e. The summed E-state index contributed by atoms with van der Waals surface area (Å²) in [5.74, 6) is 1.85. The number of hydrogen-bond donors (Lipinski definition) is 0. The average Bonchev–Trinajstić information content (AvgIpc) is 3.20. The van der Waals surface area contributed by atoms with Crippen molar-refractivity contribution in [2.24, 2.45) is 5.92 Å². The minimum absolute atomic E-state index is 0.0319. The second-order valence-corrected chi connectivity index (χ2v) is 8.10. The van der Waals surface area contributed by atoms with Crippen LogP contribution in [-0.2, 0) is 0 Å². The molecule has 0 aliphatic heterocycles. The lowest BCUT2D eigenvalue weighted by Crippen LogP contribution is -2.05. The van der Waals surface area contributed by atoms with Crippen LogP contribution < -0.4 is 4.74 Å². The van der Waals surface area contributed by atoms with Gasteiger partial charge in [0.15, 0.2) is 5.78 Å². The van der Waals surface area contributed by atoms with Crippen molar-refractivity contribution in [2.45, 2.75) is 57.3 Å². The van der Waals surface area contributed by atoms with Crippen LogP contribution in [0.5, 0.6) is 5.75 Å². The van der Waals surface area contributed by atoms with Crippen LogP contribution in [0.1, 0.15) is 78.8 Å². The number of ether oxygens (including phenoxy) is 1. The van der Waals surface area contributed by atoms with Gasteiger partial charge in [0.05, 0.1) is 13.2 Å². The fraction of sp³-hybridized carbons (Fsp3) is 0.440. The number of carbonyl (C=O) groups is 1. The Bertz CT molecular complexity index is 885. The van der Waals surface area contributed by atoms with E-state index in [1.54, 1.807) is 7.11 Å². The molecule has 0 bridgehead atoms. The Labute approximate surface area is 172 Å². The number of hydrogen-bond acceptors (Lipinski definition) is 3. The van der Waals surface area contributed by atoms with Gasteiger partial charge in [-0.3, -0.25) is 4.79 Å². The highest BCUT2D eigenvalue weighted by Crippen LogP contribution is 2.43. The maximum absolute atomic E-state index is 13.5. The molecule has 152 valence electrons. The highest BCUT2D eigenvalue weighted by molar-refractivity contribution is 5.96. The summed E-state index contributed by atoms with van der Waals surface area (Å²) >= 11 is 0. The fourth-order valence-corrected chi connectivity index (χ4v) is 4.57. The van der Waals surface area contributed by atoms with Gasteiger partial charge in [-0.2, -0.15) is 5.26 Å². The smallest absolute Gasteiger partial charge is 0.163 e. The van der Waals surface area contributed by atoms with Crippen molar-refractivity contribution in [3.8, 4) is 11.8 Å². The standard InChI is InChI=1S/C25H28FNO2/c1-17(23-12-11-22(26)16-25(23)29-2)14-18-5-6-21(15-18)19-7-9-20(10-8-19)24(28)4-3-13-27/h7-12,16-18,21H,3-6,14-15H2,1-2H3/t17-,18?,21-/m0/s1. The van der Waals surface area contributed by atoms with Gasteiger partial charge in [-0.15, -0.1) is 0 Å². The van der Waals surface area contributed by atoms with E-state index >= 15 is 0 Å². The summed E-state index contributed by atoms with van der Waals surface area (Å²) in [7, 11) is 1.59. The van der Waals surface area contributed by atoms with Crippen LogP contribution in [0, 0.1) is 23.1 Å². The molecule has 0 aromatic heterocycles. The number of halogens is 1. The predicted molar refractivity (Wildman–Crippen MR) is 112 cm³/mol. The fourth-order valence-electron chi connectivity index (χ4n) is 4.57. The quantitative estimate of drug-likeness (QED) is 0.488. The number of nitrogens with zero attached hydrogens (tertiary/aromatic N) is 1. The second-order valence-electron chi connectivity index (χ2n) is 8.10. The van der Waals surface area contributed by atoms with Gasteiger partial charge in [-0.25, -0.2) is 4.39 Å². The molecule has 4 heteroatoms. The zero-order valence-electron chi connectivity index (χ0n) is 17.2. The third-order valence-electron chi connectivity index (χ3n) is 6.12. The van der Waals surface area contributed by atoms with E-state index in [1.165, 1.54) is 24.1 Å². The number of nitriles is 1. The van der Waals surface area contributed by atoms with E-state index in [1.807, 2.05) is 24.3 Å². The van der Waals surface area contributed by atoms with Crippen LogP contribution in [0.3, 0.4) is 0 Å². The lowest BCUT2D eigenvalue weighted by Gasteiger charge is -2.19. The molecule has 1 aliphatic carbocycles. The maximum atomic E-state index is 13.5. The van der Waals surface area contributed by atoms with Crippen LogP contribution in [0.15, 0.2) is 42.5 Å². The SMILES string of the molecule is COc1cc(F)ccc1[C@@H](C)CC1CC[C@H](c2ccc(C(=O)CCC#N)cc2)C1. The topological polar surface area (TPSA) is 50.1 Å². The molecule has 1 fully saturated rings. The van der Waals surface area contributed by atoms with Crippen molar-refractivity contribution in [1.29, 1.82) is 5.26 Å². The number of ketones is 1. The molecule has 0 spiro atoms. The van der Waals surface area contributed by atoms with Crippen LogP contribution in [0.2, 0.25) is 0 Å². The Morgan fingerprint density at radius 1 is 1.24 bits per heavy atom. The summed E-state index contributed by atoms with van der Waals surface area (Å²) in [6.07, 6.45) is 5.08. The van der Waals surface area contributed by atoms with Crippen molar-refractivity contribution >= 4 is 5.78 Å². The monoisotopic (exact) mass is 393 g/mol. The zero-order chi connectivity index (χ0) is 20.8. The Kier molecular flexibility index (Phi) is 7.04. The minimum atomic E-state index is -0.270. The number of methoxy groups -OCH3 is 1. The molecule has 2 aromatic rings. The second kappa shape index (κ2) is 9.69. The maximum Gasteiger partial charge on any atom is 0.163 e. The molecule has 3 nitrogen and oxygen atoms in total. The molecule has 0 saturated heterocycles. The molecule has 1 aliphatic rings. The first-order valence-electron chi connectivity index (χ1n) is 10.3. The number of Topliss-reactive ketones (excluding diaryl/α,β-unsaturated/α-hetero) is 1. The predicted octanol–water partition coefficient (Wildman–Crippen LogP) is 6.40. The molecule has 29 heavy (non-hydrogen) atoms. The van der Waals surface area contributed by atoms with E-state index < -0.39 is 0 Å². The van der Waals surface area contributed by atoms with E-state index in [0.29, 0.717) is 29.1 Å². The van der Waals surface area contributed by atoms with Gasteiger partial charge in [0.2, 0.25) is 0 Å². The molecule has 1 unspecified atom stereocenters. The van der Waals surface area contributed by atoms with E-state index in [9.17, 15) is 9.18 Å². The van der Waals surface area contributed by atoms with E-state index in [0.717, 1.165) is 24.8 Å². The third-order valence-corrected chi connectivity index (χ3v) is 6.12. The lowest BCUT2D eigenvalue weighted by atomic mass is 9.87. The Morgan fingerprint density at radius 2 is 2.00 bits per heavy atom. The molecule has 0 radical (unpaired) electrons. The molecule has 3 rings (SSSR count). The van der Waals surface area contributed by atoms with E-state index in [4.69, 9.17) is 10.00 Å². The molecule has 3 atom stereocenters. The van der Waals surface area contributed by atoms with Gasteiger partial charge in [-0.05, 0) is 60.6 Å². The summed E-state index contributed by atoms with van der Waals surface area (Å²) in [4.78, 5) is 12.0. The third kappa shape index (κ3) is 5.23. The molecular formula is C25H28FNO2. The Morgan fingerprint density at radius 3 is 2.69 bits per heavy atom. The molecule has 1 saturated carbocycles. The summed E-state index contributed by atoms with van der Waals surface area (Å²) in [5.41, 5.74) is 3.05. The van der Waals surface area contributed by atoms with Crippen molar-refractivity contribution in [3.05, 3.63) is 65.0 Å². The Hall–Kier alpha value is -2.67. The Balaban J connectivity index is 1.59. The first kappa shape index (κ1) is 21.0. The highest BCUT2D eigenvalue weighted by Gasteiger charge is 2.28. The summed E-state index contributed by atoms with van der Waals surface area (Å²) < 4.78 is 18.8. The summed E-state index contributed by atoms with van der Waals surface area (Å²) in [5, 5.41) is 8.63. The first-order chi connectivity index (χ1) is 14.0. The van der Waals surface area contributed by atoms with Gasteiger partial charge >= 0.3 is 0 Å². The molecule has 2 aromatic carbocycles. The molecule has 0 N–H and O–H groups in total. The van der Waals surface area contributed by atoms with Crippen LogP contribution in [-0.4, -0.2) is 12.9 Å². The normalized spacial score (nSPS) is 19.5. The van der Waals surface area contributed by atoms with Gasteiger partial charge < -0.3 is 4.74 Å². The van der Waals surface area contributed by atoms with E-state index in [2.05, 4.69) is 19.1 Å². The van der Waals surface area contributed by atoms with Gasteiger partial charge in [0, 0.05) is 24.5 Å². The van der Waals surface area contributed by atoms with Gasteiger partial charge in [-0.1, -0.05) is 37.3 Å². The zero-order valence-corrected chi connectivity index (χ0v) is 17.2. The van der Waals surface area contributed by atoms with Gasteiger partial charge in [0.25, 0.3) is 0 Å². The number of benzene rings is 2. The van der Waals surface area contributed by atoms with Crippen LogP contribution in [0.25, 0.3) is 0 Å². The number of carbonyl (C=O) groups excluding carboxylic acids is 1. The van der Waals surface area contributed by atoms with Crippen molar-refractivity contribution in [3.63, 3.8) is 0 Å². The largest absolute Gasteiger partial charge is 0.496 e. The van der Waals surface area contributed by atoms with Crippen LogP contribution in [0.4, 0.5) is 4.39 Å². The van der Waals surface area contributed by atoms with E-state index in [-0.39, 0.29) is 24.4 Å². The summed E-state index contributed by atoms with van der Waals surface area (Å²) in [6, 6.07) is 14.8. The molecular weight excluding hydrogens is 365 g/mol. The molecule has 0 heterocycles. The summed E-state index contributed by atoms with van der Waals surface area (Å²) in [6.45, 7) is 2.19. The first-order valence-corrected chi connectivity index (χ1v) is 10.3. The average molecular weight is 394 g/mol. The van der Waals surface area contributed by atoms with Crippen LogP contribution >= 0.6 is 0 Å².